The Morgan fingerprint density at radius 2 is 1.80 bits per heavy atom. The Morgan fingerprint density at radius 1 is 1.15 bits per heavy atom. The topological polar surface area (TPSA) is 53.8 Å². The summed E-state index contributed by atoms with van der Waals surface area (Å²) in [4.78, 5) is 16.9. The molecular weight excluding hydrogens is 248 g/mol. The molecule has 2 rings (SSSR count). The number of benzene rings is 1. The van der Waals surface area contributed by atoms with Crippen molar-refractivity contribution in [3.8, 4) is 6.07 Å². The van der Waals surface area contributed by atoms with E-state index in [-0.39, 0.29) is 11.2 Å². The molecule has 0 amide bonds. The van der Waals surface area contributed by atoms with E-state index in [2.05, 4.69) is 4.98 Å². The van der Waals surface area contributed by atoms with Crippen LogP contribution in [0.2, 0.25) is 0 Å². The molecular formula is C17H16N2O. The summed E-state index contributed by atoms with van der Waals surface area (Å²) < 4.78 is 0. The van der Waals surface area contributed by atoms with Crippen LogP contribution in [0.1, 0.15) is 48.0 Å². The number of carbonyl (C=O) groups is 1. The molecule has 1 aromatic carbocycles. The molecule has 0 spiro atoms. The lowest BCUT2D eigenvalue weighted by Crippen LogP contribution is -2.19. The van der Waals surface area contributed by atoms with E-state index in [1.54, 1.807) is 42.6 Å². The lowest BCUT2D eigenvalue weighted by molar-refractivity contribution is 0.103. The standard InChI is InChI=1S/C17H16N2O/c1-17(2,3)16-14(5-4-10-19-16)15(20)13-8-6-12(11-18)7-9-13/h4-10H,1-3H3. The molecule has 3 nitrogen and oxygen atoms in total. The molecule has 0 aliphatic rings. The summed E-state index contributed by atoms with van der Waals surface area (Å²) in [5, 5.41) is 8.79. The average Bonchev–Trinajstić information content (AvgIpc) is 2.46. The third-order valence-electron chi connectivity index (χ3n) is 3.04. The maximum atomic E-state index is 12.6. The fourth-order valence-electron chi connectivity index (χ4n) is 2.04. The molecule has 0 N–H and O–H groups in total. The summed E-state index contributed by atoms with van der Waals surface area (Å²) in [5.41, 5.74) is 2.32. The molecule has 100 valence electrons. The smallest absolute Gasteiger partial charge is 0.194 e. The van der Waals surface area contributed by atoms with Gasteiger partial charge in [-0.1, -0.05) is 20.8 Å². The van der Waals surface area contributed by atoms with Crippen LogP contribution in [-0.4, -0.2) is 10.8 Å². The summed E-state index contributed by atoms with van der Waals surface area (Å²) >= 11 is 0. The lowest BCUT2D eigenvalue weighted by atomic mass is 9.86. The second kappa shape index (κ2) is 5.26. The van der Waals surface area contributed by atoms with Gasteiger partial charge in [-0.05, 0) is 36.4 Å². The third kappa shape index (κ3) is 2.75. The van der Waals surface area contributed by atoms with Crippen LogP contribution < -0.4 is 0 Å². The minimum atomic E-state index is -0.196. The highest BCUT2D eigenvalue weighted by molar-refractivity contribution is 6.09. The number of aromatic nitrogens is 1. The zero-order valence-electron chi connectivity index (χ0n) is 11.8. The molecule has 2 aromatic rings. The first kappa shape index (κ1) is 14.0. The first-order valence-electron chi connectivity index (χ1n) is 6.44. The molecule has 0 fully saturated rings. The second-order valence-electron chi connectivity index (χ2n) is 5.67. The van der Waals surface area contributed by atoms with Gasteiger partial charge in [0.25, 0.3) is 0 Å². The van der Waals surface area contributed by atoms with Crippen molar-refractivity contribution in [1.82, 2.24) is 4.98 Å². The maximum Gasteiger partial charge on any atom is 0.194 e. The average molecular weight is 264 g/mol. The Bertz CT molecular complexity index is 673. The van der Waals surface area contributed by atoms with Gasteiger partial charge in [0.15, 0.2) is 5.78 Å². The Balaban J connectivity index is 2.46. The Labute approximate surface area is 118 Å². The van der Waals surface area contributed by atoms with Gasteiger partial charge in [-0.25, -0.2) is 0 Å². The number of nitrogens with zero attached hydrogens (tertiary/aromatic N) is 2. The molecule has 1 heterocycles. The molecule has 20 heavy (non-hydrogen) atoms. The van der Waals surface area contributed by atoms with Gasteiger partial charge in [-0.15, -0.1) is 0 Å². The molecule has 0 aliphatic carbocycles. The fraction of sp³-hybridized carbons (Fsp3) is 0.235. The van der Waals surface area contributed by atoms with Crippen molar-refractivity contribution < 1.29 is 4.79 Å². The summed E-state index contributed by atoms with van der Waals surface area (Å²) in [7, 11) is 0. The van der Waals surface area contributed by atoms with E-state index in [4.69, 9.17) is 5.26 Å². The summed E-state index contributed by atoms with van der Waals surface area (Å²) in [5.74, 6) is -0.0625. The van der Waals surface area contributed by atoms with Gasteiger partial charge in [-0.2, -0.15) is 5.26 Å². The van der Waals surface area contributed by atoms with Crippen molar-refractivity contribution in [2.45, 2.75) is 26.2 Å². The van der Waals surface area contributed by atoms with Crippen LogP contribution in [0, 0.1) is 11.3 Å². The molecule has 1 aromatic heterocycles. The second-order valence-corrected chi connectivity index (χ2v) is 5.67. The molecule has 0 aliphatic heterocycles. The third-order valence-corrected chi connectivity index (χ3v) is 3.04. The maximum absolute atomic E-state index is 12.6. The summed E-state index contributed by atoms with van der Waals surface area (Å²) in [6.07, 6.45) is 1.70. The SMILES string of the molecule is CC(C)(C)c1ncccc1C(=O)c1ccc(C#N)cc1. The minimum Gasteiger partial charge on any atom is -0.289 e. The predicted molar refractivity (Wildman–Crippen MR) is 77.5 cm³/mol. The number of nitriles is 1. The van der Waals surface area contributed by atoms with Gasteiger partial charge in [0.1, 0.15) is 0 Å². The van der Waals surface area contributed by atoms with Crippen LogP contribution in [0.25, 0.3) is 0 Å². The van der Waals surface area contributed by atoms with Crippen LogP contribution in [0.4, 0.5) is 0 Å². The summed E-state index contributed by atoms with van der Waals surface area (Å²) in [6, 6.07) is 12.3. The van der Waals surface area contributed by atoms with Crippen molar-refractivity contribution >= 4 is 5.78 Å². The zero-order chi connectivity index (χ0) is 14.8. The number of rotatable bonds is 2. The van der Waals surface area contributed by atoms with Crippen LogP contribution in [0.15, 0.2) is 42.6 Å². The van der Waals surface area contributed by atoms with Crippen molar-refractivity contribution in [1.29, 1.82) is 5.26 Å². The highest BCUT2D eigenvalue weighted by atomic mass is 16.1. The number of pyridine rings is 1. The van der Waals surface area contributed by atoms with Crippen molar-refractivity contribution in [3.63, 3.8) is 0 Å². The van der Waals surface area contributed by atoms with E-state index in [1.165, 1.54) is 0 Å². The normalized spacial score (nSPS) is 10.9. The van der Waals surface area contributed by atoms with E-state index < -0.39 is 0 Å². The quantitative estimate of drug-likeness (QED) is 0.780. The van der Waals surface area contributed by atoms with Crippen molar-refractivity contribution in [3.05, 3.63) is 65.0 Å². The van der Waals surface area contributed by atoms with E-state index in [0.29, 0.717) is 16.7 Å². The first-order valence-corrected chi connectivity index (χ1v) is 6.44. The number of hydrogen-bond donors (Lipinski definition) is 0. The lowest BCUT2D eigenvalue weighted by Gasteiger charge is -2.20. The number of hydrogen-bond acceptors (Lipinski definition) is 3. The van der Waals surface area contributed by atoms with Gasteiger partial charge in [0, 0.05) is 22.7 Å². The van der Waals surface area contributed by atoms with Gasteiger partial charge in [0.2, 0.25) is 0 Å². The predicted octanol–water partition coefficient (Wildman–Crippen LogP) is 3.48. The molecule has 0 bridgehead atoms. The van der Waals surface area contributed by atoms with Crippen molar-refractivity contribution in [2.75, 3.05) is 0 Å². The fourth-order valence-corrected chi connectivity index (χ4v) is 2.04. The monoisotopic (exact) mass is 264 g/mol. The highest BCUT2D eigenvalue weighted by Crippen LogP contribution is 2.25. The van der Waals surface area contributed by atoms with Crippen LogP contribution >= 0.6 is 0 Å². The van der Waals surface area contributed by atoms with Crippen LogP contribution in [0.5, 0.6) is 0 Å². The first-order chi connectivity index (χ1) is 9.43. The van der Waals surface area contributed by atoms with Crippen LogP contribution in [0.3, 0.4) is 0 Å². The Hall–Kier alpha value is -2.47. The zero-order valence-corrected chi connectivity index (χ0v) is 11.8. The molecule has 0 unspecified atom stereocenters. The molecule has 0 saturated carbocycles. The molecule has 0 atom stereocenters. The number of carbonyl (C=O) groups excluding carboxylic acids is 1. The Kier molecular flexibility index (Phi) is 3.67. The minimum absolute atomic E-state index is 0.0625. The molecule has 3 heteroatoms. The van der Waals surface area contributed by atoms with Gasteiger partial charge < -0.3 is 0 Å². The van der Waals surface area contributed by atoms with E-state index in [9.17, 15) is 4.79 Å². The molecule has 0 radical (unpaired) electrons. The van der Waals surface area contributed by atoms with E-state index in [1.807, 2.05) is 26.8 Å². The molecule has 0 saturated heterocycles. The van der Waals surface area contributed by atoms with Crippen molar-refractivity contribution in [2.24, 2.45) is 0 Å². The summed E-state index contributed by atoms with van der Waals surface area (Å²) in [6.45, 7) is 6.10. The van der Waals surface area contributed by atoms with Gasteiger partial charge in [0.05, 0.1) is 17.3 Å². The van der Waals surface area contributed by atoms with E-state index in [0.717, 1.165) is 5.69 Å². The van der Waals surface area contributed by atoms with Gasteiger partial charge in [-0.3, -0.25) is 9.78 Å². The van der Waals surface area contributed by atoms with E-state index >= 15 is 0 Å². The Morgan fingerprint density at radius 3 is 2.35 bits per heavy atom. The highest BCUT2D eigenvalue weighted by Gasteiger charge is 2.23. The largest absolute Gasteiger partial charge is 0.289 e. The van der Waals surface area contributed by atoms with Gasteiger partial charge >= 0.3 is 0 Å². The number of ketones is 1. The van der Waals surface area contributed by atoms with Crippen LogP contribution in [-0.2, 0) is 5.41 Å².